The number of carbonyl (C=O) groups excluding carboxylic acids is 1. The summed E-state index contributed by atoms with van der Waals surface area (Å²) in [6.45, 7) is 10.6. The predicted molar refractivity (Wildman–Crippen MR) is 98.7 cm³/mol. The molecule has 1 aromatic rings. The second-order valence-corrected chi connectivity index (χ2v) is 7.17. The monoisotopic (exact) mass is 330 g/mol. The Morgan fingerprint density at radius 2 is 1.92 bits per heavy atom. The van der Waals surface area contributed by atoms with Crippen molar-refractivity contribution in [2.24, 2.45) is 0 Å². The Bertz CT molecular complexity index is 529. The lowest BCUT2D eigenvalue weighted by Gasteiger charge is -2.38. The molecule has 3 rings (SSSR count). The van der Waals surface area contributed by atoms with E-state index < -0.39 is 0 Å². The Kier molecular flexibility index (Phi) is 5.74. The number of rotatable bonds is 5. The van der Waals surface area contributed by atoms with Crippen LogP contribution in [0.25, 0.3) is 0 Å². The number of hydrogen-bond acceptors (Lipinski definition) is 4. The third kappa shape index (κ3) is 4.28. The number of piperazine rings is 1. The Morgan fingerprint density at radius 1 is 1.21 bits per heavy atom. The second kappa shape index (κ2) is 7.99. The first kappa shape index (κ1) is 17.2. The van der Waals surface area contributed by atoms with Crippen molar-refractivity contribution >= 4 is 11.6 Å². The summed E-state index contributed by atoms with van der Waals surface area (Å²) in [5.41, 5.74) is 1.96. The summed E-state index contributed by atoms with van der Waals surface area (Å²) in [7, 11) is 0. The van der Waals surface area contributed by atoms with E-state index >= 15 is 0 Å². The highest BCUT2D eigenvalue weighted by Gasteiger charge is 2.19. The molecule has 2 N–H and O–H groups in total. The lowest BCUT2D eigenvalue weighted by molar-refractivity contribution is 0.0950. The topological polar surface area (TPSA) is 47.6 Å². The van der Waals surface area contributed by atoms with Gasteiger partial charge in [-0.05, 0) is 57.5 Å². The van der Waals surface area contributed by atoms with Crippen LogP contribution in [0.1, 0.15) is 37.0 Å². The van der Waals surface area contributed by atoms with Crippen molar-refractivity contribution in [3.8, 4) is 0 Å². The molecule has 2 fully saturated rings. The van der Waals surface area contributed by atoms with Crippen molar-refractivity contribution in [1.29, 1.82) is 0 Å². The van der Waals surface area contributed by atoms with Gasteiger partial charge in [0.25, 0.3) is 5.91 Å². The summed E-state index contributed by atoms with van der Waals surface area (Å²) in [5, 5.41) is 6.44. The van der Waals surface area contributed by atoms with Gasteiger partial charge in [0.15, 0.2) is 0 Å². The molecule has 0 saturated carbocycles. The first-order valence-electron chi connectivity index (χ1n) is 9.24. The zero-order valence-electron chi connectivity index (χ0n) is 14.9. The van der Waals surface area contributed by atoms with E-state index in [-0.39, 0.29) is 5.91 Å². The van der Waals surface area contributed by atoms with Crippen LogP contribution in [-0.2, 0) is 0 Å². The third-order valence-electron chi connectivity index (χ3n) is 5.21. The van der Waals surface area contributed by atoms with Crippen LogP contribution in [0.5, 0.6) is 0 Å². The molecule has 0 aliphatic carbocycles. The van der Waals surface area contributed by atoms with E-state index in [1.165, 1.54) is 12.1 Å². The van der Waals surface area contributed by atoms with E-state index in [9.17, 15) is 4.79 Å². The fraction of sp³-hybridized carbons (Fsp3) is 0.632. The smallest absolute Gasteiger partial charge is 0.251 e. The number of benzene rings is 1. The Labute approximate surface area is 145 Å². The Morgan fingerprint density at radius 3 is 2.50 bits per heavy atom. The van der Waals surface area contributed by atoms with E-state index in [0.29, 0.717) is 12.1 Å². The molecule has 1 aromatic carbocycles. The van der Waals surface area contributed by atoms with Crippen molar-refractivity contribution in [2.45, 2.75) is 38.8 Å². The van der Waals surface area contributed by atoms with Gasteiger partial charge in [-0.15, -0.1) is 0 Å². The van der Waals surface area contributed by atoms with Gasteiger partial charge in [-0.3, -0.25) is 9.69 Å². The minimum Gasteiger partial charge on any atom is -0.369 e. The molecule has 0 aromatic heterocycles. The molecule has 2 heterocycles. The summed E-state index contributed by atoms with van der Waals surface area (Å²) in [4.78, 5) is 17.2. The van der Waals surface area contributed by atoms with Crippen LogP contribution in [-0.4, -0.2) is 62.2 Å². The normalized spacial score (nSPS) is 22.1. The lowest BCUT2D eigenvalue weighted by atomic mass is 10.1. The number of carbonyl (C=O) groups is 1. The first-order valence-corrected chi connectivity index (χ1v) is 9.24. The molecule has 1 atom stereocenters. The first-order chi connectivity index (χ1) is 11.6. The van der Waals surface area contributed by atoms with Gasteiger partial charge in [0, 0.05) is 56.1 Å². The number of anilines is 1. The quantitative estimate of drug-likeness (QED) is 0.863. The molecule has 5 nitrogen and oxygen atoms in total. The van der Waals surface area contributed by atoms with Crippen molar-refractivity contribution in [3.05, 3.63) is 29.8 Å². The summed E-state index contributed by atoms with van der Waals surface area (Å²) in [6.07, 6.45) is 2.36. The molecule has 24 heavy (non-hydrogen) atoms. The van der Waals surface area contributed by atoms with Crippen LogP contribution in [0.3, 0.4) is 0 Å². The maximum absolute atomic E-state index is 12.2. The maximum atomic E-state index is 12.2. The average molecular weight is 330 g/mol. The largest absolute Gasteiger partial charge is 0.369 e. The molecule has 132 valence electrons. The Balaban J connectivity index is 1.50. The predicted octanol–water partition coefficient (Wildman–Crippen LogP) is 1.70. The second-order valence-electron chi connectivity index (χ2n) is 7.17. The minimum atomic E-state index is 0.0277. The Hall–Kier alpha value is -1.59. The molecule has 1 unspecified atom stereocenters. The van der Waals surface area contributed by atoms with Gasteiger partial charge in [-0.25, -0.2) is 0 Å². The molecular formula is C19H30N4O. The summed E-state index contributed by atoms with van der Waals surface area (Å²) < 4.78 is 0. The molecule has 0 spiro atoms. The van der Waals surface area contributed by atoms with Crippen molar-refractivity contribution in [1.82, 2.24) is 15.5 Å². The van der Waals surface area contributed by atoms with Crippen LogP contribution in [0, 0.1) is 0 Å². The van der Waals surface area contributed by atoms with Crippen LogP contribution in [0.2, 0.25) is 0 Å². The zero-order chi connectivity index (χ0) is 16.9. The molecule has 2 aliphatic heterocycles. The highest BCUT2D eigenvalue weighted by molar-refractivity contribution is 5.94. The van der Waals surface area contributed by atoms with Gasteiger partial charge in [-0.1, -0.05) is 0 Å². The van der Waals surface area contributed by atoms with Gasteiger partial charge >= 0.3 is 0 Å². The molecule has 0 bridgehead atoms. The lowest BCUT2D eigenvalue weighted by Crippen LogP contribution is -2.48. The van der Waals surface area contributed by atoms with Gasteiger partial charge in [-0.2, -0.15) is 0 Å². The maximum Gasteiger partial charge on any atom is 0.251 e. The molecule has 1 amide bonds. The van der Waals surface area contributed by atoms with Gasteiger partial charge in [0.05, 0.1) is 0 Å². The van der Waals surface area contributed by atoms with Gasteiger partial charge in [0.1, 0.15) is 0 Å². The van der Waals surface area contributed by atoms with Crippen molar-refractivity contribution in [3.63, 3.8) is 0 Å². The van der Waals surface area contributed by atoms with E-state index in [0.717, 1.165) is 51.3 Å². The molecule has 5 heteroatoms. The van der Waals surface area contributed by atoms with E-state index in [2.05, 4.69) is 46.4 Å². The summed E-state index contributed by atoms with van der Waals surface area (Å²) >= 11 is 0. The zero-order valence-corrected chi connectivity index (χ0v) is 14.9. The summed E-state index contributed by atoms with van der Waals surface area (Å²) in [6, 6.07) is 9.10. The molecule has 0 radical (unpaired) electrons. The average Bonchev–Trinajstić information content (AvgIpc) is 3.13. The van der Waals surface area contributed by atoms with Crippen molar-refractivity contribution in [2.75, 3.05) is 44.2 Å². The van der Waals surface area contributed by atoms with Gasteiger partial charge in [0.2, 0.25) is 0 Å². The minimum absolute atomic E-state index is 0.0277. The summed E-state index contributed by atoms with van der Waals surface area (Å²) in [5.74, 6) is 0.0277. The van der Waals surface area contributed by atoms with Crippen LogP contribution < -0.4 is 15.5 Å². The highest BCUT2D eigenvalue weighted by Crippen LogP contribution is 2.18. The van der Waals surface area contributed by atoms with Crippen LogP contribution >= 0.6 is 0 Å². The number of hydrogen-bond donors (Lipinski definition) is 2. The third-order valence-corrected chi connectivity index (χ3v) is 5.21. The molecule has 2 saturated heterocycles. The van der Waals surface area contributed by atoms with Crippen LogP contribution in [0.15, 0.2) is 24.3 Å². The van der Waals surface area contributed by atoms with E-state index in [1.54, 1.807) is 0 Å². The van der Waals surface area contributed by atoms with E-state index in [1.807, 2.05) is 12.1 Å². The highest BCUT2D eigenvalue weighted by atomic mass is 16.1. The van der Waals surface area contributed by atoms with Crippen LogP contribution in [0.4, 0.5) is 5.69 Å². The number of nitrogens with zero attached hydrogens (tertiary/aromatic N) is 2. The fourth-order valence-corrected chi connectivity index (χ4v) is 3.57. The fourth-order valence-electron chi connectivity index (χ4n) is 3.57. The van der Waals surface area contributed by atoms with Gasteiger partial charge < -0.3 is 15.5 Å². The molecular weight excluding hydrogens is 300 g/mol. The standard InChI is InChI=1S/C19H30N4O/c1-15(2)22-10-12-23(13-11-22)18-7-5-16(6-8-18)19(24)21-14-17-4-3-9-20-17/h5-8,15,17,20H,3-4,9-14H2,1-2H3,(H,21,24). The SMILES string of the molecule is CC(C)N1CCN(c2ccc(C(=O)NCC3CCCN3)cc2)CC1. The number of amides is 1. The molecule has 2 aliphatic rings. The van der Waals surface area contributed by atoms with E-state index in [4.69, 9.17) is 0 Å². The number of nitrogens with one attached hydrogen (secondary N) is 2. The van der Waals surface area contributed by atoms with Crippen molar-refractivity contribution < 1.29 is 4.79 Å².